The Balaban J connectivity index is 0.00000112. The Bertz CT molecular complexity index is 391. The molecule has 3 N–H and O–H groups in total. The highest BCUT2D eigenvalue weighted by atomic mass is 79.9. The van der Waals surface area contributed by atoms with Gasteiger partial charge in [-0.15, -0.1) is 0 Å². The predicted octanol–water partition coefficient (Wildman–Crippen LogP) is -2.98. The molecule has 4 nitrogen and oxygen atoms in total. The van der Waals surface area contributed by atoms with Gasteiger partial charge in [-0.25, -0.2) is 0 Å². The van der Waals surface area contributed by atoms with Crippen LogP contribution < -0.4 is 27.7 Å². The molecule has 1 atom stereocenters. The molecule has 0 spiro atoms. The maximum atomic E-state index is 11.7. The SMILES string of the molecule is CC1=NN(c2ccccc2)C(=O)C1[NH3+].[Br-]. The van der Waals surface area contributed by atoms with E-state index in [0.29, 0.717) is 0 Å². The van der Waals surface area contributed by atoms with Crippen LogP contribution in [0.25, 0.3) is 0 Å². The second-order valence-corrected chi connectivity index (χ2v) is 3.28. The van der Waals surface area contributed by atoms with Crippen LogP contribution in [0.2, 0.25) is 0 Å². The summed E-state index contributed by atoms with van der Waals surface area (Å²) in [6.45, 7) is 1.82. The molecule has 1 aliphatic heterocycles. The third-order valence-electron chi connectivity index (χ3n) is 2.27. The first-order valence-electron chi connectivity index (χ1n) is 4.47. The fraction of sp³-hybridized carbons (Fsp3) is 0.200. The third-order valence-corrected chi connectivity index (χ3v) is 2.27. The summed E-state index contributed by atoms with van der Waals surface area (Å²) >= 11 is 0. The summed E-state index contributed by atoms with van der Waals surface area (Å²) < 4.78 is 0. The van der Waals surface area contributed by atoms with Crippen molar-refractivity contribution >= 4 is 17.3 Å². The second-order valence-electron chi connectivity index (χ2n) is 3.28. The second kappa shape index (κ2) is 4.55. The topological polar surface area (TPSA) is 60.3 Å². The van der Waals surface area contributed by atoms with Crippen molar-refractivity contribution in [3.63, 3.8) is 0 Å². The summed E-state index contributed by atoms with van der Waals surface area (Å²) in [6.07, 6.45) is 0. The van der Waals surface area contributed by atoms with E-state index < -0.39 is 0 Å². The van der Waals surface area contributed by atoms with Gasteiger partial charge in [0.25, 0.3) is 0 Å². The number of hydrazone groups is 1. The van der Waals surface area contributed by atoms with Gasteiger partial charge in [0, 0.05) is 0 Å². The van der Waals surface area contributed by atoms with E-state index in [1.165, 1.54) is 5.01 Å². The lowest BCUT2D eigenvalue weighted by Crippen LogP contribution is -3.00. The standard InChI is InChI=1S/C10H11N3O.BrH/c1-7-9(11)10(14)13(12-7)8-5-3-2-4-6-8;/h2-6,9H,11H2,1H3;1H. The molecule has 2 rings (SSSR count). The Morgan fingerprint density at radius 1 is 1.33 bits per heavy atom. The molecule has 1 heterocycles. The number of para-hydroxylation sites is 1. The Morgan fingerprint density at radius 3 is 2.40 bits per heavy atom. The molecule has 1 aliphatic rings. The van der Waals surface area contributed by atoms with Gasteiger partial charge in [0.05, 0.1) is 5.69 Å². The maximum Gasteiger partial charge on any atom is 0.311 e. The highest BCUT2D eigenvalue weighted by molar-refractivity contribution is 6.16. The summed E-state index contributed by atoms with van der Waals surface area (Å²) in [5.74, 6) is -0.0614. The van der Waals surface area contributed by atoms with Gasteiger partial charge in [0.15, 0.2) is 0 Å². The van der Waals surface area contributed by atoms with E-state index in [-0.39, 0.29) is 28.9 Å². The normalized spacial score (nSPS) is 19.9. The first-order chi connectivity index (χ1) is 6.70. The van der Waals surface area contributed by atoms with Crippen molar-refractivity contribution in [2.75, 3.05) is 5.01 Å². The minimum atomic E-state index is -0.338. The smallest absolute Gasteiger partial charge is 0.311 e. The van der Waals surface area contributed by atoms with Crippen molar-refractivity contribution in [1.82, 2.24) is 0 Å². The van der Waals surface area contributed by atoms with E-state index in [2.05, 4.69) is 10.8 Å². The minimum absolute atomic E-state index is 0. The fourth-order valence-electron chi connectivity index (χ4n) is 1.36. The summed E-state index contributed by atoms with van der Waals surface area (Å²) in [5.41, 5.74) is 5.31. The molecule has 5 heteroatoms. The molecule has 1 amide bonds. The van der Waals surface area contributed by atoms with Gasteiger partial charge in [0.1, 0.15) is 5.71 Å². The van der Waals surface area contributed by atoms with Crippen LogP contribution in [-0.4, -0.2) is 17.7 Å². The van der Waals surface area contributed by atoms with Gasteiger partial charge >= 0.3 is 5.91 Å². The summed E-state index contributed by atoms with van der Waals surface area (Å²) in [7, 11) is 0. The molecule has 1 unspecified atom stereocenters. The molecule has 80 valence electrons. The van der Waals surface area contributed by atoms with Crippen molar-refractivity contribution in [2.24, 2.45) is 5.10 Å². The number of anilines is 1. The average molecular weight is 270 g/mol. The average Bonchev–Trinajstić information content (AvgIpc) is 2.47. The number of hydrogen-bond donors (Lipinski definition) is 1. The molecule has 0 saturated heterocycles. The molecule has 0 aliphatic carbocycles. The monoisotopic (exact) mass is 269 g/mol. The predicted molar refractivity (Wildman–Crippen MR) is 53.7 cm³/mol. The van der Waals surface area contributed by atoms with Gasteiger partial charge in [-0.2, -0.15) is 10.1 Å². The van der Waals surface area contributed by atoms with E-state index >= 15 is 0 Å². The fourth-order valence-corrected chi connectivity index (χ4v) is 1.36. The van der Waals surface area contributed by atoms with E-state index in [0.717, 1.165) is 11.4 Å². The van der Waals surface area contributed by atoms with Crippen LogP contribution in [0.5, 0.6) is 0 Å². The third kappa shape index (κ3) is 2.08. The van der Waals surface area contributed by atoms with Crippen LogP contribution in [0.4, 0.5) is 5.69 Å². The van der Waals surface area contributed by atoms with Gasteiger partial charge in [-0.1, -0.05) is 18.2 Å². The van der Waals surface area contributed by atoms with Gasteiger partial charge in [-0.3, -0.25) is 4.79 Å². The van der Waals surface area contributed by atoms with Gasteiger partial charge in [-0.05, 0) is 19.1 Å². The highest BCUT2D eigenvalue weighted by Crippen LogP contribution is 2.18. The van der Waals surface area contributed by atoms with E-state index in [1.807, 2.05) is 37.3 Å². The first-order valence-corrected chi connectivity index (χ1v) is 4.47. The number of rotatable bonds is 1. The van der Waals surface area contributed by atoms with Crippen LogP contribution in [-0.2, 0) is 4.79 Å². The van der Waals surface area contributed by atoms with Crippen molar-refractivity contribution in [3.8, 4) is 0 Å². The summed E-state index contributed by atoms with van der Waals surface area (Å²) in [5, 5.41) is 5.57. The summed E-state index contributed by atoms with van der Waals surface area (Å²) in [6, 6.07) is 9.03. The number of nitrogens with zero attached hydrogens (tertiary/aromatic N) is 2. The maximum absolute atomic E-state index is 11.7. The molecule has 0 saturated carbocycles. The highest BCUT2D eigenvalue weighted by Gasteiger charge is 2.34. The molecular formula is C10H12BrN3O. The number of hydrogen-bond acceptors (Lipinski definition) is 2. The number of carbonyl (C=O) groups is 1. The molecule has 0 aromatic heterocycles. The number of amides is 1. The first kappa shape index (κ1) is 11.9. The van der Waals surface area contributed by atoms with Crippen LogP contribution in [0.3, 0.4) is 0 Å². The van der Waals surface area contributed by atoms with Crippen molar-refractivity contribution in [2.45, 2.75) is 13.0 Å². The lowest BCUT2D eigenvalue weighted by atomic mass is 10.2. The molecule has 1 aromatic rings. The van der Waals surface area contributed by atoms with Crippen LogP contribution in [0.1, 0.15) is 6.92 Å². The molecule has 0 fully saturated rings. The zero-order chi connectivity index (χ0) is 10.1. The Hall–Kier alpha value is -1.20. The molecular weight excluding hydrogens is 258 g/mol. The zero-order valence-electron chi connectivity index (χ0n) is 8.35. The summed E-state index contributed by atoms with van der Waals surface area (Å²) in [4.78, 5) is 11.7. The van der Waals surface area contributed by atoms with Gasteiger partial charge in [0.2, 0.25) is 6.04 Å². The molecule has 1 aromatic carbocycles. The Morgan fingerprint density at radius 2 is 1.93 bits per heavy atom. The number of benzene rings is 1. The van der Waals surface area contributed by atoms with E-state index in [4.69, 9.17) is 0 Å². The van der Waals surface area contributed by atoms with Crippen molar-refractivity contribution in [1.29, 1.82) is 0 Å². The lowest BCUT2D eigenvalue weighted by molar-refractivity contribution is -0.379. The van der Waals surface area contributed by atoms with Crippen molar-refractivity contribution in [3.05, 3.63) is 30.3 Å². The lowest BCUT2D eigenvalue weighted by Gasteiger charge is -2.10. The zero-order valence-corrected chi connectivity index (χ0v) is 9.94. The number of carbonyl (C=O) groups excluding carboxylic acids is 1. The van der Waals surface area contributed by atoms with E-state index in [9.17, 15) is 4.79 Å². The van der Waals surface area contributed by atoms with E-state index in [1.54, 1.807) is 0 Å². The van der Waals surface area contributed by atoms with Crippen LogP contribution >= 0.6 is 0 Å². The quantitative estimate of drug-likeness (QED) is 0.582. The van der Waals surface area contributed by atoms with Crippen LogP contribution in [0, 0.1) is 0 Å². The van der Waals surface area contributed by atoms with Crippen LogP contribution in [0.15, 0.2) is 35.4 Å². The number of halogens is 1. The number of quaternary nitrogens is 1. The minimum Gasteiger partial charge on any atom is -1.00 e. The Kier molecular flexibility index (Phi) is 3.60. The largest absolute Gasteiger partial charge is 1.00 e. The van der Waals surface area contributed by atoms with Crippen molar-refractivity contribution < 1.29 is 27.5 Å². The molecule has 15 heavy (non-hydrogen) atoms. The molecule has 0 bridgehead atoms. The van der Waals surface area contributed by atoms with Gasteiger partial charge < -0.3 is 22.7 Å². The Labute approximate surface area is 98.5 Å². The molecule has 0 radical (unpaired) electrons.